The lowest BCUT2D eigenvalue weighted by atomic mass is 10.2. The summed E-state index contributed by atoms with van der Waals surface area (Å²) in [5.74, 6) is -0.411. The Hall–Kier alpha value is -2.26. The van der Waals surface area contributed by atoms with Gasteiger partial charge in [-0.05, 0) is 46.3 Å². The predicted octanol–water partition coefficient (Wildman–Crippen LogP) is 3.19. The maximum atomic E-state index is 13.4. The van der Waals surface area contributed by atoms with Gasteiger partial charge in [0.15, 0.2) is 5.65 Å². The maximum absolute atomic E-state index is 13.4. The Morgan fingerprint density at radius 3 is 2.89 bits per heavy atom. The van der Waals surface area contributed by atoms with E-state index < -0.39 is 5.82 Å². The van der Waals surface area contributed by atoms with Crippen molar-refractivity contribution in [2.24, 2.45) is 0 Å². The van der Waals surface area contributed by atoms with Crippen molar-refractivity contribution in [1.29, 1.82) is 5.26 Å². The minimum atomic E-state index is -0.411. The first-order valence-corrected chi connectivity index (χ1v) is 6.18. The van der Waals surface area contributed by atoms with Crippen molar-refractivity contribution in [3.63, 3.8) is 0 Å². The summed E-state index contributed by atoms with van der Waals surface area (Å²) in [6.07, 6.45) is 1.53. The lowest BCUT2D eigenvalue weighted by molar-refractivity contribution is 0.626. The van der Waals surface area contributed by atoms with Gasteiger partial charge in [-0.25, -0.2) is 14.4 Å². The molecular weight excluding hydrogens is 311 g/mol. The molecule has 0 radical (unpaired) electrons. The van der Waals surface area contributed by atoms with Gasteiger partial charge in [0.2, 0.25) is 0 Å². The van der Waals surface area contributed by atoms with Gasteiger partial charge in [-0.2, -0.15) is 5.26 Å². The van der Waals surface area contributed by atoms with Crippen LogP contribution in [-0.4, -0.2) is 14.5 Å². The van der Waals surface area contributed by atoms with Crippen molar-refractivity contribution in [2.75, 3.05) is 0 Å². The van der Waals surface area contributed by atoms with E-state index in [1.165, 1.54) is 24.5 Å². The highest BCUT2D eigenvalue weighted by atomic mass is 79.9. The molecule has 3 rings (SSSR count). The number of pyridine rings is 1. The van der Waals surface area contributed by atoms with Crippen LogP contribution >= 0.6 is 15.9 Å². The zero-order valence-corrected chi connectivity index (χ0v) is 11.1. The number of hydrogen-bond acceptors (Lipinski definition) is 3. The van der Waals surface area contributed by atoms with Crippen molar-refractivity contribution in [2.45, 2.75) is 0 Å². The van der Waals surface area contributed by atoms with E-state index in [4.69, 9.17) is 5.26 Å². The lowest BCUT2D eigenvalue weighted by Crippen LogP contribution is -1.98. The molecule has 0 unspecified atom stereocenters. The van der Waals surface area contributed by atoms with Crippen molar-refractivity contribution < 1.29 is 4.39 Å². The molecule has 0 aliphatic rings. The third kappa shape index (κ3) is 1.98. The zero-order valence-electron chi connectivity index (χ0n) is 9.51. The molecule has 3 aromatic rings. The Morgan fingerprint density at radius 1 is 1.26 bits per heavy atom. The minimum Gasteiger partial charge on any atom is -0.282 e. The molecule has 6 heteroatoms. The summed E-state index contributed by atoms with van der Waals surface area (Å²) in [6, 6.07) is 9.60. The summed E-state index contributed by atoms with van der Waals surface area (Å²) in [5, 5.41) is 9.10. The molecule has 0 saturated heterocycles. The van der Waals surface area contributed by atoms with Crippen molar-refractivity contribution in [3.05, 3.63) is 52.6 Å². The minimum absolute atomic E-state index is 0.363. The van der Waals surface area contributed by atoms with Gasteiger partial charge < -0.3 is 0 Å². The van der Waals surface area contributed by atoms with Crippen LogP contribution in [0.25, 0.3) is 16.9 Å². The highest BCUT2D eigenvalue weighted by molar-refractivity contribution is 9.10. The molecule has 0 saturated carbocycles. The average Bonchev–Trinajstić information content (AvgIpc) is 2.81. The van der Waals surface area contributed by atoms with Crippen LogP contribution in [0.1, 0.15) is 5.56 Å². The first-order chi connectivity index (χ1) is 9.19. The molecule has 0 bridgehead atoms. The van der Waals surface area contributed by atoms with Crippen molar-refractivity contribution >= 4 is 27.1 Å². The summed E-state index contributed by atoms with van der Waals surface area (Å²) in [7, 11) is 0. The molecule has 0 aliphatic carbocycles. The molecule has 1 aromatic carbocycles. The second-order valence-electron chi connectivity index (χ2n) is 3.86. The number of rotatable bonds is 1. The zero-order chi connectivity index (χ0) is 13.4. The van der Waals surface area contributed by atoms with Gasteiger partial charge in [-0.1, -0.05) is 0 Å². The Balaban J connectivity index is 2.33. The van der Waals surface area contributed by atoms with Crippen molar-refractivity contribution in [3.8, 4) is 11.8 Å². The number of benzene rings is 1. The number of aromatic nitrogens is 3. The van der Waals surface area contributed by atoms with Crippen LogP contribution in [-0.2, 0) is 0 Å². The maximum Gasteiger partial charge on any atom is 0.165 e. The third-order valence-corrected chi connectivity index (χ3v) is 3.14. The van der Waals surface area contributed by atoms with Gasteiger partial charge in [0, 0.05) is 0 Å². The van der Waals surface area contributed by atoms with Gasteiger partial charge in [0.1, 0.15) is 28.3 Å². The fourth-order valence-electron chi connectivity index (χ4n) is 1.85. The van der Waals surface area contributed by atoms with E-state index in [-0.39, 0.29) is 0 Å². The van der Waals surface area contributed by atoms with Crippen molar-refractivity contribution in [1.82, 2.24) is 14.5 Å². The number of nitrogens with zero attached hydrogens (tertiary/aromatic N) is 4. The second kappa shape index (κ2) is 4.44. The average molecular weight is 317 g/mol. The monoisotopic (exact) mass is 316 g/mol. The van der Waals surface area contributed by atoms with Crippen LogP contribution in [0.4, 0.5) is 4.39 Å². The molecule has 0 spiro atoms. The molecule has 4 nitrogen and oxygen atoms in total. The Morgan fingerprint density at radius 2 is 2.11 bits per heavy atom. The van der Waals surface area contributed by atoms with E-state index in [0.717, 1.165) is 0 Å². The Kier molecular flexibility index (Phi) is 2.76. The predicted molar refractivity (Wildman–Crippen MR) is 71.2 cm³/mol. The molecule has 19 heavy (non-hydrogen) atoms. The van der Waals surface area contributed by atoms with Crippen LogP contribution in [0.15, 0.2) is 41.3 Å². The topological polar surface area (TPSA) is 54.5 Å². The van der Waals surface area contributed by atoms with Gasteiger partial charge in [-0.15, -0.1) is 0 Å². The highest BCUT2D eigenvalue weighted by Crippen LogP contribution is 2.22. The molecule has 92 valence electrons. The number of fused-ring (bicyclic) bond motifs is 1. The first kappa shape index (κ1) is 11.8. The molecule has 2 aromatic heterocycles. The summed E-state index contributed by atoms with van der Waals surface area (Å²) in [5.41, 5.74) is 2.03. The van der Waals surface area contributed by atoms with Crippen LogP contribution in [0.2, 0.25) is 0 Å². The smallest absolute Gasteiger partial charge is 0.165 e. The van der Waals surface area contributed by atoms with E-state index in [1.54, 1.807) is 16.7 Å². The molecule has 0 atom stereocenters. The normalized spacial score (nSPS) is 10.6. The van der Waals surface area contributed by atoms with E-state index in [2.05, 4.69) is 25.9 Å². The number of halogens is 2. The van der Waals surface area contributed by atoms with E-state index >= 15 is 0 Å². The highest BCUT2D eigenvalue weighted by Gasteiger charge is 2.11. The summed E-state index contributed by atoms with van der Waals surface area (Å²) >= 11 is 3.28. The fraction of sp³-hybridized carbons (Fsp3) is 0. The summed E-state index contributed by atoms with van der Waals surface area (Å²) < 4.78 is 15.6. The SMILES string of the molecule is N#Cc1ccc(F)cc1-n1cnc2ccc(Br)nc21. The molecule has 0 N–H and O–H groups in total. The standard InChI is InChI=1S/C13H6BrFN4/c14-12-4-3-10-13(18-12)19(7-17-10)11-5-9(15)2-1-8(11)6-16/h1-5,7H. The van der Waals surface area contributed by atoms with Crippen LogP contribution in [0.5, 0.6) is 0 Å². The van der Waals surface area contributed by atoms with Crippen LogP contribution in [0, 0.1) is 17.1 Å². The lowest BCUT2D eigenvalue weighted by Gasteiger charge is -2.06. The Labute approximate surface area is 116 Å². The fourth-order valence-corrected chi connectivity index (χ4v) is 2.15. The van der Waals surface area contributed by atoms with Gasteiger partial charge in [-0.3, -0.25) is 4.57 Å². The summed E-state index contributed by atoms with van der Waals surface area (Å²) in [6.45, 7) is 0. The second-order valence-corrected chi connectivity index (χ2v) is 4.68. The number of hydrogen-bond donors (Lipinski definition) is 0. The quantitative estimate of drug-likeness (QED) is 0.648. The molecular formula is C13H6BrFN4. The van der Waals surface area contributed by atoms with E-state index in [9.17, 15) is 4.39 Å². The summed E-state index contributed by atoms with van der Waals surface area (Å²) in [4.78, 5) is 8.49. The molecule has 0 aliphatic heterocycles. The Bertz CT molecular complexity index is 819. The number of imidazole rings is 1. The number of nitriles is 1. The van der Waals surface area contributed by atoms with Crippen LogP contribution in [0.3, 0.4) is 0 Å². The molecule has 0 fully saturated rings. The van der Waals surface area contributed by atoms with E-state index in [1.807, 2.05) is 6.07 Å². The van der Waals surface area contributed by atoms with E-state index in [0.29, 0.717) is 27.0 Å². The molecule has 0 amide bonds. The van der Waals surface area contributed by atoms with Gasteiger partial charge in [0.25, 0.3) is 0 Å². The van der Waals surface area contributed by atoms with Gasteiger partial charge in [0.05, 0.1) is 11.3 Å². The van der Waals surface area contributed by atoms with Gasteiger partial charge >= 0.3 is 0 Å². The molecule has 2 heterocycles. The van der Waals surface area contributed by atoms with Crippen LogP contribution < -0.4 is 0 Å². The largest absolute Gasteiger partial charge is 0.282 e. The third-order valence-electron chi connectivity index (χ3n) is 2.70. The first-order valence-electron chi connectivity index (χ1n) is 5.38.